The maximum Gasteiger partial charge on any atom is 0.494 e. The van der Waals surface area contributed by atoms with Gasteiger partial charge < -0.3 is 14.2 Å². The molecule has 0 heterocycles. The lowest BCUT2D eigenvalue weighted by molar-refractivity contribution is -0.309. The molecule has 1 aromatic carbocycles. The van der Waals surface area contributed by atoms with Crippen LogP contribution in [0.5, 0.6) is 0 Å². The number of halogens is 6. The Morgan fingerprint density at radius 2 is 1.00 bits per heavy atom. The molecule has 148 valence electrons. The monoisotopic (exact) mass is 402 g/mol. The van der Waals surface area contributed by atoms with E-state index >= 15 is 0 Å². The highest BCUT2D eigenvalue weighted by atomic mass is 19.3. The third-order valence-electron chi connectivity index (χ3n) is 2.55. The van der Waals surface area contributed by atoms with E-state index in [4.69, 9.17) is 0 Å². The van der Waals surface area contributed by atoms with Crippen molar-refractivity contribution in [3.8, 4) is 0 Å². The Morgan fingerprint density at radius 1 is 0.667 bits per heavy atom. The van der Waals surface area contributed by atoms with Crippen molar-refractivity contribution in [2.24, 2.45) is 0 Å². The van der Waals surface area contributed by atoms with E-state index in [1.165, 1.54) is 6.07 Å². The lowest BCUT2D eigenvalue weighted by Gasteiger charge is -2.29. The molecule has 0 aromatic heterocycles. The van der Waals surface area contributed by atoms with Gasteiger partial charge in [0.15, 0.2) is 0 Å². The van der Waals surface area contributed by atoms with Crippen LogP contribution in [-0.4, -0.2) is 48.9 Å². The number of hydrogen-bond donors (Lipinski definition) is 0. The lowest BCUT2D eigenvalue weighted by atomic mass is 10.1. The van der Waals surface area contributed by atoms with Crippen molar-refractivity contribution in [2.45, 2.75) is 25.2 Å². The molecular formula is C14H8F6O7. The second-order valence-electron chi connectivity index (χ2n) is 4.42. The first-order valence-electron chi connectivity index (χ1n) is 6.63. The summed E-state index contributed by atoms with van der Waals surface area (Å²) in [6.45, 7) is 0. The number of ketones is 1. The van der Waals surface area contributed by atoms with E-state index in [1.54, 1.807) is 0 Å². The Balaban J connectivity index is 3.48. The van der Waals surface area contributed by atoms with Crippen molar-refractivity contribution in [3.63, 3.8) is 0 Å². The molecule has 0 atom stereocenters. The maximum atomic E-state index is 12.5. The van der Waals surface area contributed by atoms with Crippen LogP contribution >= 0.6 is 0 Å². The van der Waals surface area contributed by atoms with Crippen LogP contribution in [0, 0.1) is 0 Å². The first-order chi connectivity index (χ1) is 12.5. The third kappa shape index (κ3) is 5.69. The summed E-state index contributed by atoms with van der Waals surface area (Å²) < 4.78 is 86.0. The summed E-state index contributed by atoms with van der Waals surface area (Å²) in [7, 11) is 0. The normalized spacial score (nSPS) is 11.4. The number of carbonyl (C=O) groups excluding carboxylic acids is 4. The van der Waals surface area contributed by atoms with E-state index in [2.05, 4.69) is 14.2 Å². The van der Waals surface area contributed by atoms with Gasteiger partial charge in [0.05, 0.1) is 0 Å². The van der Waals surface area contributed by atoms with Crippen LogP contribution in [-0.2, 0) is 28.6 Å². The van der Waals surface area contributed by atoms with Gasteiger partial charge in [-0.25, -0.2) is 14.4 Å². The standard InChI is InChI=1S/C14H8F6O7/c15-8(16)11(22)25-14(26-12(23)9(17)18,27-13(24)10(19)20)7(21)6-4-2-1-3-5-6/h1-5,8-10H. The van der Waals surface area contributed by atoms with Crippen LogP contribution in [0.15, 0.2) is 30.3 Å². The minimum Gasteiger partial charge on any atom is -0.377 e. The van der Waals surface area contributed by atoms with E-state index < -0.39 is 54.5 Å². The van der Waals surface area contributed by atoms with Crippen LogP contribution in [0.4, 0.5) is 26.3 Å². The Morgan fingerprint density at radius 3 is 1.30 bits per heavy atom. The minimum atomic E-state index is -4.25. The van der Waals surface area contributed by atoms with Crippen molar-refractivity contribution in [3.05, 3.63) is 35.9 Å². The summed E-state index contributed by atoms with van der Waals surface area (Å²) in [4.78, 5) is 45.7. The number of Topliss-reactive ketones (excluding diaryl/α,β-unsaturated/α-hetero) is 1. The second-order valence-corrected chi connectivity index (χ2v) is 4.42. The quantitative estimate of drug-likeness (QED) is 0.284. The maximum absolute atomic E-state index is 12.5. The molecule has 0 fully saturated rings. The smallest absolute Gasteiger partial charge is 0.377 e. The van der Waals surface area contributed by atoms with Crippen LogP contribution < -0.4 is 0 Å². The number of alkyl halides is 6. The molecule has 0 saturated carbocycles. The molecule has 0 saturated heterocycles. The summed E-state index contributed by atoms with van der Waals surface area (Å²) in [6, 6.07) is 5.34. The molecule has 27 heavy (non-hydrogen) atoms. The van der Waals surface area contributed by atoms with Crippen molar-refractivity contribution in [1.82, 2.24) is 0 Å². The van der Waals surface area contributed by atoms with Gasteiger partial charge in [-0.15, -0.1) is 0 Å². The number of benzene rings is 1. The van der Waals surface area contributed by atoms with Gasteiger partial charge in [0.25, 0.3) is 5.78 Å². The van der Waals surface area contributed by atoms with Gasteiger partial charge in [0.2, 0.25) is 0 Å². The van der Waals surface area contributed by atoms with Gasteiger partial charge in [-0.05, 0) is 0 Å². The van der Waals surface area contributed by atoms with Gasteiger partial charge in [-0.3, -0.25) is 4.79 Å². The Kier molecular flexibility index (Phi) is 7.31. The van der Waals surface area contributed by atoms with E-state index in [1.807, 2.05) is 0 Å². The highest BCUT2D eigenvalue weighted by Crippen LogP contribution is 2.26. The summed E-state index contributed by atoms with van der Waals surface area (Å²) in [6.07, 6.45) is -12.1. The average molecular weight is 402 g/mol. The molecule has 0 aliphatic rings. The molecule has 0 radical (unpaired) electrons. The van der Waals surface area contributed by atoms with E-state index in [-0.39, 0.29) is 0 Å². The Labute approximate surface area is 145 Å². The zero-order valence-electron chi connectivity index (χ0n) is 12.7. The van der Waals surface area contributed by atoms with E-state index in [0.29, 0.717) is 0 Å². The fourth-order valence-electron chi connectivity index (χ4n) is 1.50. The van der Waals surface area contributed by atoms with Crippen molar-refractivity contribution in [1.29, 1.82) is 0 Å². The number of rotatable bonds is 8. The largest absolute Gasteiger partial charge is 0.494 e. The summed E-state index contributed by atoms with van der Waals surface area (Å²) in [5, 5.41) is 0. The molecule has 0 aliphatic carbocycles. The predicted octanol–water partition coefficient (Wildman–Crippen LogP) is 1.95. The highest BCUT2D eigenvalue weighted by molar-refractivity contribution is 6.03. The predicted molar refractivity (Wildman–Crippen MR) is 69.8 cm³/mol. The molecule has 0 aliphatic heterocycles. The van der Waals surface area contributed by atoms with Gasteiger partial charge in [-0.1, -0.05) is 30.3 Å². The molecule has 0 amide bonds. The molecule has 7 nitrogen and oxygen atoms in total. The molecule has 0 N–H and O–H groups in total. The van der Waals surface area contributed by atoms with Gasteiger partial charge in [-0.2, -0.15) is 26.3 Å². The molecule has 0 spiro atoms. The zero-order chi connectivity index (χ0) is 20.8. The van der Waals surface area contributed by atoms with E-state index in [0.717, 1.165) is 24.3 Å². The highest BCUT2D eigenvalue weighted by Gasteiger charge is 2.55. The van der Waals surface area contributed by atoms with Crippen molar-refractivity contribution >= 4 is 23.7 Å². The molecule has 1 rings (SSSR count). The molecule has 1 aromatic rings. The lowest BCUT2D eigenvalue weighted by Crippen LogP contribution is -2.53. The van der Waals surface area contributed by atoms with Crippen LogP contribution in [0.25, 0.3) is 0 Å². The number of carbonyl (C=O) groups is 4. The number of hydrogen-bond acceptors (Lipinski definition) is 7. The SMILES string of the molecule is O=C(OC(OC(=O)C(F)F)(OC(=O)C(F)F)C(=O)c1ccccc1)C(F)F. The van der Waals surface area contributed by atoms with Crippen LogP contribution in [0.3, 0.4) is 0 Å². The third-order valence-corrected chi connectivity index (χ3v) is 2.55. The van der Waals surface area contributed by atoms with Gasteiger partial charge in [0, 0.05) is 5.56 Å². The molecular weight excluding hydrogens is 394 g/mol. The van der Waals surface area contributed by atoms with Crippen LogP contribution in [0.2, 0.25) is 0 Å². The Bertz CT molecular complexity index is 652. The van der Waals surface area contributed by atoms with Gasteiger partial charge in [0.1, 0.15) is 0 Å². The summed E-state index contributed by atoms with van der Waals surface area (Å²) >= 11 is 0. The number of ether oxygens (including phenoxy) is 3. The first kappa shape index (κ1) is 21.9. The van der Waals surface area contributed by atoms with Crippen LogP contribution in [0.1, 0.15) is 10.4 Å². The van der Waals surface area contributed by atoms with Crippen molar-refractivity contribution in [2.75, 3.05) is 0 Å². The minimum absolute atomic E-state index is 0.677. The Hall–Kier alpha value is -3.12. The van der Waals surface area contributed by atoms with E-state index in [9.17, 15) is 45.5 Å². The topological polar surface area (TPSA) is 96.0 Å². The molecule has 13 heteroatoms. The summed E-state index contributed by atoms with van der Waals surface area (Å²) in [5.41, 5.74) is -0.677. The zero-order valence-corrected chi connectivity index (χ0v) is 12.7. The molecule has 0 unspecified atom stereocenters. The van der Waals surface area contributed by atoms with Gasteiger partial charge >= 0.3 is 43.2 Å². The van der Waals surface area contributed by atoms with Crippen molar-refractivity contribution < 1.29 is 59.7 Å². The molecule has 0 bridgehead atoms. The first-order valence-corrected chi connectivity index (χ1v) is 6.63. The fraction of sp³-hybridized carbons (Fsp3) is 0.286. The number of esters is 3. The second kappa shape index (κ2) is 9.00. The fourth-order valence-corrected chi connectivity index (χ4v) is 1.50. The average Bonchev–Trinajstić information content (AvgIpc) is 2.61. The summed E-state index contributed by atoms with van der Waals surface area (Å²) in [5.74, 6) is -14.2.